The summed E-state index contributed by atoms with van der Waals surface area (Å²) in [6, 6.07) is 11.2. The number of hydrogen-bond acceptors (Lipinski definition) is 3. The van der Waals surface area contributed by atoms with Gasteiger partial charge in [0.05, 0.1) is 29.0 Å². The van der Waals surface area contributed by atoms with Gasteiger partial charge in [-0.05, 0) is 54.3 Å². The number of amides is 2. The Bertz CT molecular complexity index is 1070. The van der Waals surface area contributed by atoms with Gasteiger partial charge in [0.2, 0.25) is 0 Å². The number of nitrogens with one attached hydrogen (secondary N) is 2. The number of aliphatic hydroxyl groups is 1. The molecule has 0 aliphatic heterocycles. The van der Waals surface area contributed by atoms with Crippen LogP contribution in [-0.2, 0) is 6.18 Å². The number of urea groups is 1. The smallest absolute Gasteiger partial charge is 0.416 e. The van der Waals surface area contributed by atoms with Crippen LogP contribution in [0.5, 0.6) is 0 Å². The second-order valence-corrected chi connectivity index (χ2v) is 7.16. The lowest BCUT2D eigenvalue weighted by atomic mass is 9.85. The van der Waals surface area contributed by atoms with Crippen LogP contribution in [-0.4, -0.2) is 11.1 Å². The quantitative estimate of drug-likeness (QED) is 0.560. The van der Waals surface area contributed by atoms with Crippen molar-refractivity contribution in [1.82, 2.24) is 5.32 Å². The van der Waals surface area contributed by atoms with E-state index in [0.717, 1.165) is 18.6 Å². The van der Waals surface area contributed by atoms with Gasteiger partial charge in [-0.3, -0.25) is 0 Å². The number of halogens is 3. The lowest BCUT2D eigenvalue weighted by molar-refractivity contribution is -0.137. The first kappa shape index (κ1) is 22.0. The summed E-state index contributed by atoms with van der Waals surface area (Å²) in [6.45, 7) is 3.99. The standard InChI is InChI=1S/C23H20F3N3O2/c1-14-4-2-7-19(30)20(14)21(16-10-8-15(13-27)9-11-16)29-22(31)28-18-6-3-5-17(12-18)23(24,25)26/h3,5-6,8-12,21,30H,1-2,4,7H2,(H2,28,29,31). The van der Waals surface area contributed by atoms with E-state index in [2.05, 4.69) is 17.2 Å². The first-order valence-electron chi connectivity index (χ1n) is 9.54. The van der Waals surface area contributed by atoms with E-state index >= 15 is 0 Å². The third-order valence-corrected chi connectivity index (χ3v) is 4.97. The molecule has 0 radical (unpaired) electrons. The fraction of sp³-hybridized carbons (Fsp3) is 0.217. The number of carbonyl (C=O) groups excluding carboxylic acids is 1. The van der Waals surface area contributed by atoms with Gasteiger partial charge in [-0.1, -0.05) is 24.8 Å². The Kier molecular flexibility index (Phi) is 6.35. The number of anilines is 1. The molecular weight excluding hydrogens is 407 g/mol. The van der Waals surface area contributed by atoms with Gasteiger partial charge in [-0.25, -0.2) is 4.79 Å². The largest absolute Gasteiger partial charge is 0.512 e. The Balaban J connectivity index is 1.89. The monoisotopic (exact) mass is 427 g/mol. The first-order valence-corrected chi connectivity index (χ1v) is 9.54. The maximum absolute atomic E-state index is 12.9. The predicted molar refractivity (Wildman–Crippen MR) is 110 cm³/mol. The number of carbonyl (C=O) groups is 1. The van der Waals surface area contributed by atoms with Crippen LogP contribution in [0, 0.1) is 11.3 Å². The van der Waals surface area contributed by atoms with Crippen LogP contribution in [0.25, 0.3) is 0 Å². The summed E-state index contributed by atoms with van der Waals surface area (Å²) < 4.78 is 38.8. The molecule has 1 aliphatic carbocycles. The average molecular weight is 427 g/mol. The molecule has 0 aromatic heterocycles. The summed E-state index contributed by atoms with van der Waals surface area (Å²) in [6.07, 6.45) is -2.73. The number of rotatable bonds is 4. The topological polar surface area (TPSA) is 85.2 Å². The van der Waals surface area contributed by atoms with Crippen molar-refractivity contribution in [3.63, 3.8) is 0 Å². The molecule has 8 heteroatoms. The highest BCUT2D eigenvalue weighted by Gasteiger charge is 2.31. The highest BCUT2D eigenvalue weighted by Crippen LogP contribution is 2.36. The molecule has 3 rings (SSSR count). The number of aliphatic hydroxyl groups excluding tert-OH is 1. The summed E-state index contributed by atoms with van der Waals surface area (Å²) in [5, 5.41) is 24.6. The molecule has 0 fully saturated rings. The van der Waals surface area contributed by atoms with E-state index in [0.29, 0.717) is 35.1 Å². The molecule has 1 aliphatic rings. The minimum absolute atomic E-state index is 0.0217. The van der Waals surface area contributed by atoms with Gasteiger partial charge in [0.15, 0.2) is 0 Å². The normalized spacial score (nSPS) is 15.2. The first-order chi connectivity index (χ1) is 14.7. The summed E-state index contributed by atoms with van der Waals surface area (Å²) in [4.78, 5) is 12.6. The fourth-order valence-electron chi connectivity index (χ4n) is 3.46. The van der Waals surface area contributed by atoms with Gasteiger partial charge in [-0.15, -0.1) is 0 Å². The minimum atomic E-state index is -4.53. The Labute approximate surface area is 177 Å². The van der Waals surface area contributed by atoms with E-state index in [1.807, 2.05) is 6.07 Å². The summed E-state index contributed by atoms with van der Waals surface area (Å²) in [5.41, 5.74) is 1.26. The van der Waals surface area contributed by atoms with E-state index in [1.54, 1.807) is 24.3 Å². The highest BCUT2D eigenvalue weighted by atomic mass is 19.4. The number of benzene rings is 2. The maximum Gasteiger partial charge on any atom is 0.416 e. The van der Waals surface area contributed by atoms with E-state index in [1.165, 1.54) is 12.1 Å². The molecule has 1 atom stereocenters. The Morgan fingerprint density at radius 3 is 2.48 bits per heavy atom. The molecule has 5 nitrogen and oxygen atoms in total. The lowest BCUT2D eigenvalue weighted by Crippen LogP contribution is -2.35. The zero-order chi connectivity index (χ0) is 22.6. The van der Waals surface area contributed by atoms with Gasteiger partial charge in [0.1, 0.15) is 0 Å². The maximum atomic E-state index is 12.9. The highest BCUT2D eigenvalue weighted by molar-refractivity contribution is 5.90. The van der Waals surface area contributed by atoms with Crippen molar-refractivity contribution in [2.75, 3.05) is 5.32 Å². The van der Waals surface area contributed by atoms with Gasteiger partial charge in [0.25, 0.3) is 0 Å². The zero-order valence-electron chi connectivity index (χ0n) is 16.5. The molecule has 160 valence electrons. The number of nitrogens with zero attached hydrogens (tertiary/aromatic N) is 1. The van der Waals surface area contributed by atoms with Gasteiger partial charge in [-0.2, -0.15) is 18.4 Å². The van der Waals surface area contributed by atoms with Gasteiger partial charge in [0, 0.05) is 17.7 Å². The average Bonchev–Trinajstić information content (AvgIpc) is 2.72. The van der Waals surface area contributed by atoms with Crippen molar-refractivity contribution in [1.29, 1.82) is 5.26 Å². The molecule has 0 saturated carbocycles. The van der Waals surface area contributed by atoms with Crippen molar-refractivity contribution in [2.24, 2.45) is 0 Å². The summed E-state index contributed by atoms with van der Waals surface area (Å²) in [7, 11) is 0. The van der Waals surface area contributed by atoms with E-state index < -0.39 is 23.8 Å². The molecular formula is C23H20F3N3O2. The predicted octanol–water partition coefficient (Wildman–Crippen LogP) is 5.99. The number of nitriles is 1. The van der Waals surface area contributed by atoms with Crippen molar-refractivity contribution in [3.8, 4) is 6.07 Å². The number of hydrogen-bond donors (Lipinski definition) is 3. The molecule has 1 unspecified atom stereocenters. The number of alkyl halides is 3. The van der Waals surface area contributed by atoms with Crippen molar-refractivity contribution >= 4 is 11.7 Å². The SMILES string of the molecule is C=C1CCCC(O)=C1C(NC(=O)Nc1cccc(C(F)(F)F)c1)c1ccc(C#N)cc1. The molecule has 0 bridgehead atoms. The van der Waals surface area contributed by atoms with Crippen molar-refractivity contribution in [3.05, 3.63) is 88.7 Å². The Morgan fingerprint density at radius 1 is 1.16 bits per heavy atom. The second kappa shape index (κ2) is 8.96. The van der Waals surface area contributed by atoms with Crippen LogP contribution in [0.1, 0.15) is 42.0 Å². The fourth-order valence-corrected chi connectivity index (χ4v) is 3.46. The molecule has 0 spiro atoms. The van der Waals surface area contributed by atoms with Crippen LogP contribution in [0.4, 0.5) is 23.7 Å². The van der Waals surface area contributed by atoms with E-state index in [9.17, 15) is 23.1 Å². The third-order valence-electron chi connectivity index (χ3n) is 4.97. The molecule has 2 aromatic carbocycles. The lowest BCUT2D eigenvalue weighted by Gasteiger charge is -2.28. The minimum Gasteiger partial charge on any atom is -0.512 e. The van der Waals surface area contributed by atoms with Gasteiger partial charge < -0.3 is 15.7 Å². The molecule has 0 saturated heterocycles. The molecule has 3 N–H and O–H groups in total. The molecule has 31 heavy (non-hydrogen) atoms. The van der Waals surface area contributed by atoms with Crippen LogP contribution in [0.3, 0.4) is 0 Å². The molecule has 2 amide bonds. The Morgan fingerprint density at radius 2 is 1.87 bits per heavy atom. The van der Waals surface area contributed by atoms with Crippen molar-refractivity contribution in [2.45, 2.75) is 31.5 Å². The zero-order valence-corrected chi connectivity index (χ0v) is 16.5. The Hall–Kier alpha value is -3.73. The molecule has 2 aromatic rings. The van der Waals surface area contributed by atoms with Crippen LogP contribution in [0.15, 0.2) is 72.0 Å². The van der Waals surface area contributed by atoms with Crippen LogP contribution < -0.4 is 10.6 Å². The van der Waals surface area contributed by atoms with E-state index in [4.69, 9.17) is 5.26 Å². The van der Waals surface area contributed by atoms with Crippen LogP contribution >= 0.6 is 0 Å². The summed E-state index contributed by atoms with van der Waals surface area (Å²) in [5.74, 6) is 0.102. The summed E-state index contributed by atoms with van der Waals surface area (Å²) >= 11 is 0. The van der Waals surface area contributed by atoms with E-state index in [-0.39, 0.29) is 11.4 Å². The molecule has 0 heterocycles. The third kappa shape index (κ3) is 5.25. The number of allylic oxidation sites excluding steroid dienone is 1. The van der Waals surface area contributed by atoms with Crippen LogP contribution in [0.2, 0.25) is 0 Å². The van der Waals surface area contributed by atoms with Crippen molar-refractivity contribution < 1.29 is 23.1 Å². The second-order valence-electron chi connectivity index (χ2n) is 7.16. The van der Waals surface area contributed by atoms with Gasteiger partial charge >= 0.3 is 12.2 Å².